The maximum Gasteiger partial charge on any atom is 0.0781 e. The molecule has 0 heterocycles. The number of benzene rings is 1. The van der Waals surface area contributed by atoms with Crippen molar-refractivity contribution >= 4 is 5.69 Å². The highest BCUT2D eigenvalue weighted by molar-refractivity contribution is 5.54. The second-order valence-electron chi connectivity index (χ2n) is 3.94. The number of aliphatic hydroxyl groups is 2. The second kappa shape index (κ2) is 7.27. The lowest BCUT2D eigenvalue weighted by Gasteiger charge is -2.27. The molecular weight excluding hydrogens is 218 g/mol. The van der Waals surface area contributed by atoms with E-state index >= 15 is 0 Å². The molecule has 0 aromatic heterocycles. The monoisotopic (exact) mass is 239 g/mol. The summed E-state index contributed by atoms with van der Waals surface area (Å²) >= 11 is 0. The van der Waals surface area contributed by atoms with Crippen molar-refractivity contribution in [2.24, 2.45) is 0 Å². The van der Waals surface area contributed by atoms with Gasteiger partial charge in [0.05, 0.1) is 19.3 Å². The van der Waals surface area contributed by atoms with E-state index in [1.807, 2.05) is 29.2 Å². The van der Waals surface area contributed by atoms with Crippen LogP contribution in [0.5, 0.6) is 0 Å². The van der Waals surface area contributed by atoms with Gasteiger partial charge >= 0.3 is 0 Å². The standard InChI is InChI=1S/C13H21NO3/c1-11(16)12-5-3-4-6-13(12)14(7-9-15)8-10-17-2/h3-6,11,15-16H,7-10H2,1-2H3/t11-/m0/s1. The van der Waals surface area contributed by atoms with Gasteiger partial charge in [-0.05, 0) is 13.0 Å². The molecule has 2 N–H and O–H groups in total. The Labute approximate surface area is 102 Å². The minimum Gasteiger partial charge on any atom is -0.395 e. The van der Waals surface area contributed by atoms with Gasteiger partial charge in [-0.15, -0.1) is 0 Å². The molecule has 17 heavy (non-hydrogen) atoms. The number of nitrogens with zero attached hydrogens (tertiary/aromatic N) is 1. The summed E-state index contributed by atoms with van der Waals surface area (Å²) in [6, 6.07) is 7.68. The fourth-order valence-corrected chi connectivity index (χ4v) is 1.80. The fraction of sp³-hybridized carbons (Fsp3) is 0.538. The van der Waals surface area contributed by atoms with Crippen LogP contribution < -0.4 is 4.90 Å². The molecule has 0 fully saturated rings. The molecule has 0 amide bonds. The molecule has 0 radical (unpaired) electrons. The minimum atomic E-state index is -0.519. The van der Waals surface area contributed by atoms with Crippen LogP contribution in [0.3, 0.4) is 0 Å². The lowest BCUT2D eigenvalue weighted by molar-refractivity contribution is 0.196. The van der Waals surface area contributed by atoms with Gasteiger partial charge in [0.25, 0.3) is 0 Å². The van der Waals surface area contributed by atoms with Gasteiger partial charge in [-0.2, -0.15) is 0 Å². The molecule has 1 atom stereocenters. The Morgan fingerprint density at radius 3 is 2.59 bits per heavy atom. The van der Waals surface area contributed by atoms with Crippen molar-refractivity contribution < 1.29 is 14.9 Å². The van der Waals surface area contributed by atoms with Gasteiger partial charge in [0.1, 0.15) is 0 Å². The van der Waals surface area contributed by atoms with Crippen LogP contribution in [0.2, 0.25) is 0 Å². The third-order valence-corrected chi connectivity index (χ3v) is 2.66. The Morgan fingerprint density at radius 1 is 1.29 bits per heavy atom. The number of methoxy groups -OCH3 is 1. The number of aliphatic hydroxyl groups excluding tert-OH is 2. The average Bonchev–Trinajstić information content (AvgIpc) is 2.34. The topological polar surface area (TPSA) is 52.9 Å². The fourth-order valence-electron chi connectivity index (χ4n) is 1.80. The number of anilines is 1. The molecule has 96 valence electrons. The Hall–Kier alpha value is -1.10. The summed E-state index contributed by atoms with van der Waals surface area (Å²) in [6.45, 7) is 3.65. The van der Waals surface area contributed by atoms with Crippen molar-refractivity contribution in [2.45, 2.75) is 13.0 Å². The summed E-state index contributed by atoms with van der Waals surface area (Å²) in [5, 5.41) is 18.8. The molecule has 1 rings (SSSR count). The van der Waals surface area contributed by atoms with Crippen molar-refractivity contribution in [3.63, 3.8) is 0 Å². The van der Waals surface area contributed by atoms with Crippen molar-refractivity contribution in [3.8, 4) is 0 Å². The maximum absolute atomic E-state index is 9.73. The van der Waals surface area contributed by atoms with E-state index in [1.54, 1.807) is 14.0 Å². The molecule has 4 heteroatoms. The van der Waals surface area contributed by atoms with E-state index in [2.05, 4.69) is 0 Å². The lowest BCUT2D eigenvalue weighted by atomic mass is 10.1. The quantitative estimate of drug-likeness (QED) is 0.750. The van der Waals surface area contributed by atoms with E-state index in [4.69, 9.17) is 9.84 Å². The first kappa shape index (κ1) is 14.0. The van der Waals surface area contributed by atoms with Gasteiger partial charge in [0, 0.05) is 31.5 Å². The number of para-hydroxylation sites is 1. The first-order chi connectivity index (χ1) is 8.20. The first-order valence-electron chi connectivity index (χ1n) is 5.82. The van der Waals surface area contributed by atoms with Crippen LogP contribution in [0.4, 0.5) is 5.69 Å². The molecule has 1 aromatic carbocycles. The smallest absolute Gasteiger partial charge is 0.0781 e. The molecule has 0 bridgehead atoms. The van der Waals surface area contributed by atoms with Crippen LogP contribution in [-0.4, -0.2) is 43.6 Å². The van der Waals surface area contributed by atoms with Crippen molar-refractivity contribution in [1.82, 2.24) is 0 Å². The molecule has 4 nitrogen and oxygen atoms in total. The molecule has 0 aliphatic heterocycles. The molecule has 0 unspecified atom stereocenters. The molecule has 0 saturated carbocycles. The normalized spacial score (nSPS) is 12.5. The Bertz CT molecular complexity index is 328. The molecule has 1 aromatic rings. The summed E-state index contributed by atoms with van der Waals surface area (Å²) in [5.41, 5.74) is 1.82. The molecule has 0 aliphatic rings. The van der Waals surface area contributed by atoms with E-state index in [9.17, 15) is 5.11 Å². The summed E-state index contributed by atoms with van der Waals surface area (Å²) in [7, 11) is 1.65. The van der Waals surface area contributed by atoms with E-state index in [0.29, 0.717) is 19.7 Å². The van der Waals surface area contributed by atoms with Crippen LogP contribution in [0.1, 0.15) is 18.6 Å². The van der Waals surface area contributed by atoms with Crippen molar-refractivity contribution in [3.05, 3.63) is 29.8 Å². The highest BCUT2D eigenvalue weighted by Crippen LogP contribution is 2.25. The van der Waals surface area contributed by atoms with Crippen LogP contribution in [-0.2, 0) is 4.74 Å². The third-order valence-electron chi connectivity index (χ3n) is 2.66. The number of ether oxygens (including phenoxy) is 1. The Kier molecular flexibility index (Phi) is 5.97. The largest absolute Gasteiger partial charge is 0.395 e. The Balaban J connectivity index is 2.91. The lowest BCUT2D eigenvalue weighted by Crippen LogP contribution is -2.31. The highest BCUT2D eigenvalue weighted by atomic mass is 16.5. The summed E-state index contributed by atoms with van der Waals surface area (Å²) in [6.07, 6.45) is -0.519. The zero-order chi connectivity index (χ0) is 12.7. The van der Waals surface area contributed by atoms with Crippen LogP contribution >= 0.6 is 0 Å². The van der Waals surface area contributed by atoms with Crippen molar-refractivity contribution in [2.75, 3.05) is 38.3 Å². The van der Waals surface area contributed by atoms with Gasteiger partial charge in [0.2, 0.25) is 0 Å². The predicted octanol–water partition coefficient (Wildman–Crippen LogP) is 1.19. The van der Waals surface area contributed by atoms with E-state index in [0.717, 1.165) is 11.3 Å². The van der Waals surface area contributed by atoms with Crippen molar-refractivity contribution in [1.29, 1.82) is 0 Å². The van der Waals surface area contributed by atoms with Crippen LogP contribution in [0.15, 0.2) is 24.3 Å². The van der Waals surface area contributed by atoms with Crippen LogP contribution in [0, 0.1) is 0 Å². The first-order valence-corrected chi connectivity index (χ1v) is 5.82. The summed E-state index contributed by atoms with van der Waals surface area (Å²) in [5.74, 6) is 0. The number of hydrogen-bond acceptors (Lipinski definition) is 4. The summed E-state index contributed by atoms with van der Waals surface area (Å²) in [4.78, 5) is 2.02. The minimum absolute atomic E-state index is 0.0812. The second-order valence-corrected chi connectivity index (χ2v) is 3.94. The van der Waals surface area contributed by atoms with Gasteiger partial charge < -0.3 is 19.8 Å². The highest BCUT2D eigenvalue weighted by Gasteiger charge is 2.13. The predicted molar refractivity (Wildman–Crippen MR) is 68.3 cm³/mol. The maximum atomic E-state index is 9.73. The summed E-state index contributed by atoms with van der Waals surface area (Å²) < 4.78 is 5.05. The average molecular weight is 239 g/mol. The molecule has 0 spiro atoms. The van der Waals surface area contributed by atoms with Crippen LogP contribution in [0.25, 0.3) is 0 Å². The van der Waals surface area contributed by atoms with Gasteiger partial charge in [-0.3, -0.25) is 0 Å². The third kappa shape index (κ3) is 4.00. The van der Waals surface area contributed by atoms with Gasteiger partial charge in [-0.1, -0.05) is 18.2 Å². The van der Waals surface area contributed by atoms with E-state index in [1.165, 1.54) is 0 Å². The van der Waals surface area contributed by atoms with E-state index in [-0.39, 0.29) is 6.61 Å². The SMILES string of the molecule is COCCN(CCO)c1ccccc1[C@H](C)O. The zero-order valence-electron chi connectivity index (χ0n) is 10.5. The van der Waals surface area contributed by atoms with Gasteiger partial charge in [-0.25, -0.2) is 0 Å². The Morgan fingerprint density at radius 2 is 2.00 bits per heavy atom. The van der Waals surface area contributed by atoms with Gasteiger partial charge in [0.15, 0.2) is 0 Å². The van der Waals surface area contributed by atoms with E-state index < -0.39 is 6.10 Å². The number of hydrogen-bond donors (Lipinski definition) is 2. The molecule has 0 aliphatic carbocycles. The zero-order valence-corrected chi connectivity index (χ0v) is 10.5. The molecular formula is C13H21NO3. The molecule has 0 saturated heterocycles. The number of rotatable bonds is 7.